The highest BCUT2D eigenvalue weighted by atomic mass is 79.9. The van der Waals surface area contributed by atoms with Crippen molar-refractivity contribution < 1.29 is 21.0 Å². The van der Waals surface area contributed by atoms with E-state index in [9.17, 15) is 16.8 Å². The van der Waals surface area contributed by atoms with Crippen LogP contribution in [0, 0.1) is 0 Å². The van der Waals surface area contributed by atoms with Crippen molar-refractivity contribution in [2.75, 3.05) is 5.08 Å². The van der Waals surface area contributed by atoms with Gasteiger partial charge in [-0.2, -0.15) is 8.42 Å². The van der Waals surface area contributed by atoms with E-state index in [1.807, 2.05) is 0 Å². The van der Waals surface area contributed by atoms with Gasteiger partial charge in [-0.15, -0.1) is 0 Å². The minimum absolute atomic E-state index is 0.373. The Balaban J connectivity index is 2.80. The summed E-state index contributed by atoms with van der Waals surface area (Å²) in [5, 5.41) is -1.09. The van der Waals surface area contributed by atoms with E-state index in [-0.39, 0.29) is 5.75 Å². The molecule has 0 amide bonds. The molecular formula is C10H14BrNO5S2. The fourth-order valence-electron chi connectivity index (χ4n) is 1.36. The van der Waals surface area contributed by atoms with E-state index in [2.05, 4.69) is 20.1 Å². The van der Waals surface area contributed by atoms with Crippen LogP contribution in [0.4, 0.5) is 0 Å². The van der Waals surface area contributed by atoms with Crippen molar-refractivity contribution in [2.24, 2.45) is 5.73 Å². The molecule has 2 N–H and O–H groups in total. The van der Waals surface area contributed by atoms with Gasteiger partial charge in [-0.1, -0.05) is 28.1 Å². The Bertz CT molecular complexity index is 622. The number of sulfone groups is 1. The molecule has 0 aromatic heterocycles. The van der Waals surface area contributed by atoms with Crippen LogP contribution in [0.1, 0.15) is 12.5 Å². The summed E-state index contributed by atoms with van der Waals surface area (Å²) in [4.78, 5) is 0. The molecule has 0 spiro atoms. The fourth-order valence-corrected chi connectivity index (χ4v) is 5.10. The van der Waals surface area contributed by atoms with Gasteiger partial charge in [0.05, 0.1) is 5.75 Å². The monoisotopic (exact) mass is 371 g/mol. The zero-order chi connectivity index (χ0) is 14.7. The minimum Gasteiger partial charge on any atom is -0.305 e. The molecule has 1 rings (SSSR count). The summed E-state index contributed by atoms with van der Waals surface area (Å²) >= 11 is 3.22. The Kier molecular flexibility index (Phi) is 5.51. The molecule has 0 radical (unpaired) electrons. The molecule has 1 aromatic rings. The van der Waals surface area contributed by atoms with Crippen molar-refractivity contribution in [3.63, 3.8) is 0 Å². The van der Waals surface area contributed by atoms with Crippen molar-refractivity contribution in [1.29, 1.82) is 0 Å². The number of halogens is 1. The first kappa shape index (κ1) is 16.6. The molecule has 0 saturated carbocycles. The molecular weight excluding hydrogens is 358 g/mol. The molecule has 0 fully saturated rings. The van der Waals surface area contributed by atoms with Gasteiger partial charge in [0.1, 0.15) is 6.23 Å². The average Bonchev–Trinajstić information content (AvgIpc) is 2.17. The molecule has 1 atom stereocenters. The summed E-state index contributed by atoms with van der Waals surface area (Å²) in [6.45, 7) is 1.30. The first-order valence-electron chi connectivity index (χ1n) is 5.21. The number of rotatable bonds is 6. The van der Waals surface area contributed by atoms with Crippen molar-refractivity contribution >= 4 is 35.9 Å². The van der Waals surface area contributed by atoms with E-state index >= 15 is 0 Å². The van der Waals surface area contributed by atoms with Gasteiger partial charge in [0.25, 0.3) is 10.1 Å². The largest absolute Gasteiger partial charge is 0.305 e. The predicted octanol–water partition coefficient (Wildman–Crippen LogP) is 0.973. The lowest BCUT2D eigenvalue weighted by molar-refractivity contribution is 0.239. The lowest BCUT2D eigenvalue weighted by Crippen LogP contribution is -2.28. The lowest BCUT2D eigenvalue weighted by atomic mass is 10.2. The van der Waals surface area contributed by atoms with Crippen LogP contribution in [-0.4, -0.2) is 28.1 Å². The van der Waals surface area contributed by atoms with Crippen molar-refractivity contribution in [3.8, 4) is 0 Å². The fraction of sp³-hybridized carbons (Fsp3) is 0.400. The molecule has 1 aromatic carbocycles. The molecule has 108 valence electrons. The minimum atomic E-state index is -4.19. The number of hydrogen-bond donors (Lipinski definition) is 1. The van der Waals surface area contributed by atoms with E-state index in [1.165, 1.54) is 6.92 Å². The smallest absolute Gasteiger partial charge is 0.283 e. The zero-order valence-electron chi connectivity index (χ0n) is 10.1. The Morgan fingerprint density at radius 2 is 1.74 bits per heavy atom. The third kappa shape index (κ3) is 6.48. The van der Waals surface area contributed by atoms with Gasteiger partial charge in [-0.05, 0) is 24.6 Å². The summed E-state index contributed by atoms with van der Waals surface area (Å²) in [5.74, 6) is -0.373. The van der Waals surface area contributed by atoms with Gasteiger partial charge < -0.3 is 5.73 Å². The molecule has 0 aliphatic carbocycles. The maximum absolute atomic E-state index is 11.8. The van der Waals surface area contributed by atoms with Gasteiger partial charge in [0, 0.05) is 4.47 Å². The highest BCUT2D eigenvalue weighted by molar-refractivity contribution is 9.10. The third-order valence-electron chi connectivity index (χ3n) is 1.92. The second-order valence-electron chi connectivity index (χ2n) is 3.99. The molecule has 9 heteroatoms. The molecule has 0 aliphatic heterocycles. The van der Waals surface area contributed by atoms with E-state index in [1.54, 1.807) is 24.3 Å². The van der Waals surface area contributed by atoms with Crippen molar-refractivity contribution in [1.82, 2.24) is 0 Å². The van der Waals surface area contributed by atoms with Gasteiger partial charge in [0.15, 0.2) is 14.9 Å². The van der Waals surface area contributed by atoms with Crippen LogP contribution in [0.3, 0.4) is 0 Å². The van der Waals surface area contributed by atoms with Crippen LogP contribution < -0.4 is 5.73 Å². The van der Waals surface area contributed by atoms with E-state index in [0.717, 1.165) is 4.47 Å². The maximum atomic E-state index is 11.8. The van der Waals surface area contributed by atoms with Crippen LogP contribution >= 0.6 is 15.9 Å². The average molecular weight is 372 g/mol. The summed E-state index contributed by atoms with van der Waals surface area (Å²) in [7, 11) is -8.02. The van der Waals surface area contributed by atoms with Crippen LogP contribution in [0.15, 0.2) is 28.7 Å². The zero-order valence-corrected chi connectivity index (χ0v) is 13.3. The van der Waals surface area contributed by atoms with Gasteiger partial charge in [0.2, 0.25) is 0 Å². The number of hydrogen-bond acceptors (Lipinski definition) is 6. The summed E-state index contributed by atoms with van der Waals surface area (Å²) < 4.78 is 51.6. The van der Waals surface area contributed by atoms with Crippen molar-refractivity contribution in [3.05, 3.63) is 34.3 Å². The van der Waals surface area contributed by atoms with Gasteiger partial charge >= 0.3 is 0 Å². The van der Waals surface area contributed by atoms with E-state index in [4.69, 9.17) is 5.73 Å². The van der Waals surface area contributed by atoms with Gasteiger partial charge in [-0.25, -0.2) is 8.42 Å². The molecule has 0 aliphatic rings. The maximum Gasteiger partial charge on any atom is 0.283 e. The van der Waals surface area contributed by atoms with E-state index in [0.29, 0.717) is 5.56 Å². The second kappa shape index (κ2) is 6.31. The molecule has 0 bridgehead atoms. The standard InChI is InChI=1S/C10H14BrNO5S2/c1-8(12)17-19(15,16)7-18(13,14)6-9-2-4-10(11)5-3-9/h2-5,8H,6-7,12H2,1H3. The number of nitrogens with two attached hydrogens (primary N) is 1. The van der Waals surface area contributed by atoms with Crippen LogP contribution in [0.2, 0.25) is 0 Å². The second-order valence-corrected chi connectivity index (χ2v) is 8.93. The molecule has 0 heterocycles. The van der Waals surface area contributed by atoms with Crippen LogP contribution in [0.25, 0.3) is 0 Å². The molecule has 6 nitrogen and oxygen atoms in total. The summed E-state index contributed by atoms with van der Waals surface area (Å²) in [5.41, 5.74) is 5.66. The topological polar surface area (TPSA) is 104 Å². The Morgan fingerprint density at radius 1 is 1.21 bits per heavy atom. The first-order valence-corrected chi connectivity index (χ1v) is 9.40. The quantitative estimate of drug-likeness (QED) is 0.590. The highest BCUT2D eigenvalue weighted by Gasteiger charge is 2.24. The lowest BCUT2D eigenvalue weighted by Gasteiger charge is -2.09. The molecule has 19 heavy (non-hydrogen) atoms. The molecule has 0 saturated heterocycles. The third-order valence-corrected chi connectivity index (χ3v) is 6.41. The first-order chi connectivity index (χ1) is 8.60. The highest BCUT2D eigenvalue weighted by Crippen LogP contribution is 2.14. The van der Waals surface area contributed by atoms with Gasteiger partial charge in [-0.3, -0.25) is 4.18 Å². The van der Waals surface area contributed by atoms with Crippen LogP contribution in [0.5, 0.6) is 0 Å². The predicted molar refractivity (Wildman–Crippen MR) is 75.3 cm³/mol. The van der Waals surface area contributed by atoms with Crippen LogP contribution in [-0.2, 0) is 29.9 Å². The Labute approximate surface area is 121 Å². The Hall–Kier alpha value is -0.480. The van der Waals surface area contributed by atoms with Crippen molar-refractivity contribution in [2.45, 2.75) is 18.9 Å². The molecule has 1 unspecified atom stereocenters. The normalized spacial score (nSPS) is 14.3. The number of benzene rings is 1. The summed E-state index contributed by atoms with van der Waals surface area (Å²) in [6, 6.07) is 6.55. The Morgan fingerprint density at radius 3 is 2.21 bits per heavy atom. The summed E-state index contributed by atoms with van der Waals surface area (Å²) in [6.07, 6.45) is -1.08. The SMILES string of the molecule is CC(N)OS(=O)(=O)CS(=O)(=O)Cc1ccc(Br)cc1. The van der Waals surface area contributed by atoms with E-state index < -0.39 is 31.3 Å².